The number of aliphatic carboxylic acids is 1. The third kappa shape index (κ3) is 6.12. The normalized spacial score (nSPS) is 11.6. The second-order valence-corrected chi connectivity index (χ2v) is 8.09. The molecule has 0 aliphatic carbocycles. The number of aryl methyl sites for hydroxylation is 1. The summed E-state index contributed by atoms with van der Waals surface area (Å²) in [5.74, 6) is -1.06. The topological polar surface area (TPSA) is 100 Å². The zero-order valence-corrected chi connectivity index (χ0v) is 18.7. The number of carboxylic acid groups (broad SMARTS) is 1. The molecule has 3 aromatic rings. The Labute approximate surface area is 194 Å². The van der Waals surface area contributed by atoms with Crippen molar-refractivity contribution in [2.75, 3.05) is 5.32 Å². The van der Waals surface area contributed by atoms with Gasteiger partial charge >= 0.3 is 12.0 Å². The number of nitrogens with one attached hydrogen (secondary N) is 2. The van der Waals surface area contributed by atoms with E-state index in [2.05, 4.69) is 10.6 Å². The first-order chi connectivity index (χ1) is 15.2. The maximum atomic E-state index is 12.8. The van der Waals surface area contributed by atoms with Gasteiger partial charge in [0.2, 0.25) is 0 Å². The molecule has 7 nitrogen and oxygen atoms in total. The monoisotopic (exact) mass is 473 g/mol. The molecule has 0 unspecified atom stereocenters. The van der Waals surface area contributed by atoms with E-state index in [1.54, 1.807) is 42.6 Å². The average molecular weight is 474 g/mol. The molecule has 32 heavy (non-hydrogen) atoms. The fraction of sp³-hybridized carbons (Fsp3) is 0.174. The van der Waals surface area contributed by atoms with E-state index in [9.17, 15) is 19.5 Å². The molecule has 166 valence electrons. The highest BCUT2D eigenvalue weighted by Gasteiger charge is 2.19. The van der Waals surface area contributed by atoms with Crippen molar-refractivity contribution in [1.29, 1.82) is 0 Å². The van der Waals surface area contributed by atoms with Crippen LogP contribution in [0.2, 0.25) is 10.0 Å². The molecule has 2 amide bonds. The zero-order chi connectivity index (χ0) is 23.3. The molecule has 3 N–H and O–H groups in total. The van der Waals surface area contributed by atoms with E-state index in [1.165, 1.54) is 10.6 Å². The minimum Gasteiger partial charge on any atom is -0.481 e. The minimum atomic E-state index is -1.06. The third-order valence-corrected chi connectivity index (χ3v) is 5.37. The second kappa shape index (κ2) is 10.3. The predicted molar refractivity (Wildman–Crippen MR) is 125 cm³/mol. The van der Waals surface area contributed by atoms with Gasteiger partial charge in [-0.3, -0.25) is 9.59 Å². The standard InChI is InChI=1S/C23H21Cl2N3O4/c1-14-4-6-15(7-5-14)20(12-21(29)30)27-23(32)26-19-3-2-10-28(22(19)31)13-16-8-9-17(24)11-18(16)25/h2-11,20H,12-13H2,1H3,(H,29,30)(H2,26,27,32)/t20-/m0/s1. The van der Waals surface area contributed by atoms with E-state index >= 15 is 0 Å². The second-order valence-electron chi connectivity index (χ2n) is 7.25. The molecule has 1 aromatic heterocycles. The van der Waals surface area contributed by atoms with Crippen LogP contribution in [-0.2, 0) is 11.3 Å². The quantitative estimate of drug-likeness (QED) is 0.456. The fourth-order valence-corrected chi connectivity index (χ4v) is 3.60. The van der Waals surface area contributed by atoms with Crippen molar-refractivity contribution in [2.24, 2.45) is 0 Å². The van der Waals surface area contributed by atoms with Gasteiger partial charge in [-0.05, 0) is 42.3 Å². The number of carboxylic acids is 1. The van der Waals surface area contributed by atoms with Crippen LogP contribution >= 0.6 is 23.2 Å². The van der Waals surface area contributed by atoms with Gasteiger partial charge < -0.3 is 20.3 Å². The Morgan fingerprint density at radius 3 is 2.47 bits per heavy atom. The third-order valence-electron chi connectivity index (χ3n) is 4.79. The molecular weight excluding hydrogens is 453 g/mol. The maximum absolute atomic E-state index is 12.8. The van der Waals surface area contributed by atoms with Crippen LogP contribution in [0, 0.1) is 6.92 Å². The number of halogens is 2. The lowest BCUT2D eigenvalue weighted by molar-refractivity contribution is -0.137. The van der Waals surface area contributed by atoms with Crippen molar-refractivity contribution in [2.45, 2.75) is 25.9 Å². The maximum Gasteiger partial charge on any atom is 0.319 e. The van der Waals surface area contributed by atoms with Crippen molar-refractivity contribution in [3.8, 4) is 0 Å². The summed E-state index contributed by atoms with van der Waals surface area (Å²) in [4.78, 5) is 36.6. The number of aromatic nitrogens is 1. The molecule has 0 fully saturated rings. The van der Waals surface area contributed by atoms with E-state index in [-0.39, 0.29) is 18.7 Å². The first-order valence-corrected chi connectivity index (χ1v) is 10.5. The Balaban J connectivity index is 1.76. The number of pyridine rings is 1. The molecule has 0 spiro atoms. The van der Waals surface area contributed by atoms with Gasteiger partial charge in [0, 0.05) is 16.2 Å². The number of carbonyl (C=O) groups is 2. The van der Waals surface area contributed by atoms with Crippen molar-refractivity contribution < 1.29 is 14.7 Å². The van der Waals surface area contributed by atoms with Crippen LogP contribution in [0.15, 0.2) is 65.6 Å². The molecule has 0 saturated carbocycles. The Bertz CT molecular complexity index is 1190. The number of hydrogen-bond donors (Lipinski definition) is 3. The van der Waals surface area contributed by atoms with E-state index < -0.39 is 23.6 Å². The summed E-state index contributed by atoms with van der Waals surface area (Å²) in [7, 11) is 0. The summed E-state index contributed by atoms with van der Waals surface area (Å²) >= 11 is 12.1. The molecular formula is C23H21Cl2N3O4. The number of amides is 2. The van der Waals surface area contributed by atoms with Gasteiger partial charge in [0.05, 0.1) is 19.0 Å². The molecule has 3 rings (SSSR count). The van der Waals surface area contributed by atoms with Gasteiger partial charge in [-0.25, -0.2) is 4.79 Å². The molecule has 0 aliphatic heterocycles. The van der Waals surface area contributed by atoms with Gasteiger partial charge in [-0.15, -0.1) is 0 Å². The van der Waals surface area contributed by atoms with Crippen LogP contribution in [0.5, 0.6) is 0 Å². The van der Waals surface area contributed by atoms with E-state index in [1.807, 2.05) is 19.1 Å². The number of benzene rings is 2. The number of carbonyl (C=O) groups excluding carboxylic acids is 1. The van der Waals surface area contributed by atoms with Crippen LogP contribution in [0.4, 0.5) is 10.5 Å². The molecule has 0 bridgehead atoms. The van der Waals surface area contributed by atoms with E-state index in [0.717, 1.165) is 5.56 Å². The summed E-state index contributed by atoms with van der Waals surface area (Å²) < 4.78 is 1.40. The van der Waals surface area contributed by atoms with Crippen LogP contribution < -0.4 is 16.2 Å². The van der Waals surface area contributed by atoms with Crippen LogP contribution in [-0.4, -0.2) is 21.7 Å². The molecule has 0 saturated heterocycles. The van der Waals surface area contributed by atoms with Gasteiger partial charge in [-0.2, -0.15) is 0 Å². The van der Waals surface area contributed by atoms with Crippen molar-refractivity contribution >= 4 is 40.9 Å². The SMILES string of the molecule is Cc1ccc([C@H](CC(=O)O)NC(=O)Nc2cccn(Cc3ccc(Cl)cc3Cl)c2=O)cc1. The minimum absolute atomic E-state index is 0.0491. The van der Waals surface area contributed by atoms with Crippen LogP contribution in [0.3, 0.4) is 0 Å². The Morgan fingerprint density at radius 1 is 1.09 bits per heavy atom. The molecule has 0 aliphatic rings. The first kappa shape index (κ1) is 23.4. The molecule has 1 atom stereocenters. The lowest BCUT2D eigenvalue weighted by atomic mass is 10.0. The van der Waals surface area contributed by atoms with Gasteiger partial charge in [0.1, 0.15) is 5.69 Å². The van der Waals surface area contributed by atoms with Gasteiger partial charge in [0.25, 0.3) is 5.56 Å². The van der Waals surface area contributed by atoms with Crippen molar-refractivity contribution in [1.82, 2.24) is 9.88 Å². The number of urea groups is 1. The van der Waals surface area contributed by atoms with Crippen molar-refractivity contribution in [3.63, 3.8) is 0 Å². The average Bonchev–Trinajstić information content (AvgIpc) is 2.72. The number of anilines is 1. The fourth-order valence-electron chi connectivity index (χ4n) is 3.13. The lowest BCUT2D eigenvalue weighted by Crippen LogP contribution is -2.36. The first-order valence-electron chi connectivity index (χ1n) is 9.72. The number of nitrogens with zero attached hydrogens (tertiary/aromatic N) is 1. The summed E-state index contributed by atoms with van der Waals surface area (Å²) in [6.45, 7) is 2.10. The summed E-state index contributed by atoms with van der Waals surface area (Å²) in [5, 5.41) is 15.3. The van der Waals surface area contributed by atoms with Crippen molar-refractivity contribution in [3.05, 3.63) is 97.9 Å². The summed E-state index contributed by atoms with van der Waals surface area (Å²) in [5.41, 5.74) is 1.97. The highest BCUT2D eigenvalue weighted by atomic mass is 35.5. The Morgan fingerprint density at radius 2 is 1.81 bits per heavy atom. The Kier molecular flexibility index (Phi) is 7.56. The smallest absolute Gasteiger partial charge is 0.319 e. The number of hydrogen-bond acceptors (Lipinski definition) is 3. The highest BCUT2D eigenvalue weighted by molar-refractivity contribution is 6.35. The lowest BCUT2D eigenvalue weighted by Gasteiger charge is -2.18. The predicted octanol–water partition coefficient (Wildman–Crippen LogP) is 4.85. The summed E-state index contributed by atoms with van der Waals surface area (Å²) in [6.07, 6.45) is 1.28. The van der Waals surface area contributed by atoms with Crippen LogP contribution in [0.1, 0.15) is 29.2 Å². The summed E-state index contributed by atoms with van der Waals surface area (Å²) in [6, 6.07) is 13.8. The molecule has 9 heteroatoms. The van der Waals surface area contributed by atoms with E-state index in [4.69, 9.17) is 23.2 Å². The Hall–Kier alpha value is -3.29. The highest BCUT2D eigenvalue weighted by Crippen LogP contribution is 2.22. The van der Waals surface area contributed by atoms with Gasteiger partial charge in [0.15, 0.2) is 0 Å². The molecule has 1 heterocycles. The molecule has 2 aromatic carbocycles. The van der Waals surface area contributed by atoms with E-state index in [0.29, 0.717) is 21.2 Å². The zero-order valence-electron chi connectivity index (χ0n) is 17.1. The molecule has 0 radical (unpaired) electrons. The van der Waals surface area contributed by atoms with Gasteiger partial charge in [-0.1, -0.05) is 59.1 Å². The van der Waals surface area contributed by atoms with Crippen LogP contribution in [0.25, 0.3) is 0 Å². The number of rotatable bonds is 7. The largest absolute Gasteiger partial charge is 0.481 e.